The van der Waals surface area contributed by atoms with Gasteiger partial charge in [0.1, 0.15) is 22.5 Å². The monoisotopic (exact) mass is 612 g/mol. The first-order valence-electron chi connectivity index (χ1n) is 16.4. The van der Waals surface area contributed by atoms with Crippen LogP contribution in [0, 0.1) is 0 Å². The normalized spacial score (nSPS) is 11.8. The maximum absolute atomic E-state index is 6.79. The van der Waals surface area contributed by atoms with Gasteiger partial charge in [-0.25, -0.2) is 0 Å². The number of rotatable bonds is 4. The zero-order valence-corrected chi connectivity index (χ0v) is 26.0. The molecule has 0 aliphatic rings. The highest BCUT2D eigenvalue weighted by atomic mass is 16.3. The molecule has 8 aromatic carbocycles. The van der Waals surface area contributed by atoms with E-state index in [-0.39, 0.29) is 0 Å². The van der Waals surface area contributed by atoms with Gasteiger partial charge in [-0.3, -0.25) is 0 Å². The van der Waals surface area contributed by atoms with Crippen LogP contribution in [0.15, 0.2) is 179 Å². The summed E-state index contributed by atoms with van der Waals surface area (Å²) in [5.41, 5.74) is 10.7. The molecule has 0 spiro atoms. The predicted molar refractivity (Wildman–Crippen MR) is 200 cm³/mol. The molecule has 0 N–H and O–H groups in total. The summed E-state index contributed by atoms with van der Waals surface area (Å²) in [6.45, 7) is 0. The summed E-state index contributed by atoms with van der Waals surface area (Å²) in [7, 11) is 0. The summed E-state index contributed by atoms with van der Waals surface area (Å²) >= 11 is 0. The zero-order valence-electron chi connectivity index (χ0n) is 26.0. The molecule has 0 radical (unpaired) electrons. The molecular weight excluding hydrogens is 585 g/mol. The molecule has 0 aliphatic carbocycles. The zero-order chi connectivity index (χ0) is 31.6. The number of hydrogen-bond donors (Lipinski definition) is 0. The second-order valence-electron chi connectivity index (χ2n) is 12.4. The van der Waals surface area contributed by atoms with Gasteiger partial charge in [0.05, 0.1) is 5.39 Å². The number of para-hydroxylation sites is 1. The van der Waals surface area contributed by atoms with Gasteiger partial charge < -0.3 is 8.83 Å². The Bertz CT molecular complexity index is 2760. The third kappa shape index (κ3) is 4.00. The molecule has 0 atom stereocenters. The molecule has 0 fully saturated rings. The van der Waals surface area contributed by atoms with Crippen LogP contribution in [0.1, 0.15) is 0 Å². The van der Waals surface area contributed by atoms with Crippen LogP contribution in [0.5, 0.6) is 0 Å². The van der Waals surface area contributed by atoms with Crippen molar-refractivity contribution in [3.05, 3.63) is 170 Å². The summed E-state index contributed by atoms with van der Waals surface area (Å²) in [6, 6.07) is 60.1. The van der Waals surface area contributed by atoms with Crippen molar-refractivity contribution < 1.29 is 8.83 Å². The van der Waals surface area contributed by atoms with E-state index in [4.69, 9.17) is 8.83 Å². The highest BCUT2D eigenvalue weighted by molar-refractivity contribution is 6.28. The van der Waals surface area contributed by atoms with Crippen LogP contribution in [-0.2, 0) is 0 Å². The van der Waals surface area contributed by atoms with Crippen molar-refractivity contribution in [3.63, 3.8) is 0 Å². The Kier molecular flexibility index (Phi) is 5.91. The molecule has 2 nitrogen and oxygen atoms in total. The molecule has 2 heterocycles. The Morgan fingerprint density at radius 3 is 1.48 bits per heavy atom. The minimum Gasteiger partial charge on any atom is -0.455 e. The van der Waals surface area contributed by atoms with Crippen molar-refractivity contribution in [2.45, 2.75) is 0 Å². The van der Waals surface area contributed by atoms with Crippen LogP contribution in [-0.4, -0.2) is 0 Å². The van der Waals surface area contributed by atoms with E-state index in [1.807, 2.05) is 30.3 Å². The smallest absolute Gasteiger partial charge is 0.147 e. The van der Waals surface area contributed by atoms with Crippen molar-refractivity contribution in [3.8, 4) is 44.7 Å². The molecule has 0 unspecified atom stereocenters. The van der Waals surface area contributed by atoms with Crippen molar-refractivity contribution in [2.24, 2.45) is 0 Å². The van der Waals surface area contributed by atoms with Crippen LogP contribution in [0.25, 0.3) is 99.2 Å². The van der Waals surface area contributed by atoms with E-state index < -0.39 is 0 Å². The summed E-state index contributed by atoms with van der Waals surface area (Å²) < 4.78 is 13.5. The number of fused-ring (bicyclic) bond motifs is 7. The van der Waals surface area contributed by atoms with Crippen LogP contribution < -0.4 is 0 Å². The Hall–Kier alpha value is -6.38. The van der Waals surface area contributed by atoms with E-state index in [0.717, 1.165) is 55.4 Å². The van der Waals surface area contributed by atoms with Gasteiger partial charge in [0.15, 0.2) is 0 Å². The van der Waals surface area contributed by atoms with E-state index >= 15 is 0 Å². The van der Waals surface area contributed by atoms with E-state index in [1.54, 1.807) is 0 Å². The van der Waals surface area contributed by atoms with Crippen LogP contribution in [0.2, 0.25) is 0 Å². The molecule has 0 saturated carbocycles. The molecule has 0 amide bonds. The minimum atomic E-state index is 0.838. The van der Waals surface area contributed by atoms with Gasteiger partial charge in [-0.1, -0.05) is 152 Å². The lowest BCUT2D eigenvalue weighted by Gasteiger charge is -2.19. The number of hydrogen-bond acceptors (Lipinski definition) is 2. The van der Waals surface area contributed by atoms with Gasteiger partial charge in [-0.15, -0.1) is 0 Å². The van der Waals surface area contributed by atoms with Gasteiger partial charge in [0, 0.05) is 27.5 Å². The molecule has 48 heavy (non-hydrogen) atoms. The molecule has 0 saturated heterocycles. The fraction of sp³-hybridized carbons (Fsp3) is 0. The summed E-state index contributed by atoms with van der Waals surface area (Å²) in [6.07, 6.45) is 0. The van der Waals surface area contributed by atoms with Gasteiger partial charge in [0.25, 0.3) is 0 Å². The van der Waals surface area contributed by atoms with Gasteiger partial charge in [-0.05, 0) is 62.0 Å². The first-order chi connectivity index (χ1) is 23.8. The van der Waals surface area contributed by atoms with Crippen molar-refractivity contribution in [2.75, 3.05) is 0 Å². The third-order valence-corrected chi connectivity index (χ3v) is 9.67. The largest absolute Gasteiger partial charge is 0.455 e. The first-order valence-corrected chi connectivity index (χ1v) is 16.4. The molecular formula is C46H28O2. The van der Waals surface area contributed by atoms with Crippen molar-refractivity contribution in [1.82, 2.24) is 0 Å². The lowest BCUT2D eigenvalue weighted by Crippen LogP contribution is -1.93. The standard InChI is InChI=1S/C46H28O2/c1-3-15-29(16-4-1)32-19-7-8-20-33(32)42-34-21-9-11-23-36(34)43(37-24-12-10-22-35(37)42)39-27-31-28-41(30-17-5-2-6-18-30)48-45(31)44-38-25-13-14-26-40(38)47-46(39)44/h1-28H. The molecule has 0 bridgehead atoms. The fourth-order valence-corrected chi connectivity index (χ4v) is 7.60. The predicted octanol–water partition coefficient (Wildman–Crippen LogP) is 13.3. The minimum absolute atomic E-state index is 0.838. The molecule has 10 rings (SSSR count). The Labute approximate surface area is 277 Å². The number of furan rings is 2. The fourth-order valence-electron chi connectivity index (χ4n) is 7.60. The highest BCUT2D eigenvalue weighted by Gasteiger charge is 2.24. The highest BCUT2D eigenvalue weighted by Crippen LogP contribution is 2.50. The van der Waals surface area contributed by atoms with Gasteiger partial charge in [-0.2, -0.15) is 0 Å². The Morgan fingerprint density at radius 2 is 0.833 bits per heavy atom. The quantitative estimate of drug-likeness (QED) is 0.185. The van der Waals surface area contributed by atoms with Crippen molar-refractivity contribution in [1.29, 1.82) is 0 Å². The van der Waals surface area contributed by atoms with Crippen LogP contribution in [0.3, 0.4) is 0 Å². The van der Waals surface area contributed by atoms with E-state index in [1.165, 1.54) is 43.8 Å². The topological polar surface area (TPSA) is 26.3 Å². The SMILES string of the molecule is c1ccc(-c2cc3cc(-c4c5ccccc5c(-c5ccccc5-c5ccccc5)c5ccccc45)c4oc5ccccc5c4c3o2)cc1. The maximum Gasteiger partial charge on any atom is 0.147 e. The third-order valence-electron chi connectivity index (χ3n) is 9.67. The second kappa shape index (κ2) is 10.6. The Morgan fingerprint density at radius 1 is 0.333 bits per heavy atom. The van der Waals surface area contributed by atoms with Gasteiger partial charge in [0.2, 0.25) is 0 Å². The molecule has 2 aromatic heterocycles. The molecule has 10 aromatic rings. The van der Waals surface area contributed by atoms with Gasteiger partial charge >= 0.3 is 0 Å². The average Bonchev–Trinajstić information content (AvgIpc) is 3.76. The molecule has 0 aliphatic heterocycles. The van der Waals surface area contributed by atoms with Crippen molar-refractivity contribution >= 4 is 54.5 Å². The molecule has 2 heteroatoms. The van der Waals surface area contributed by atoms with Crippen LogP contribution >= 0.6 is 0 Å². The molecule has 224 valence electrons. The summed E-state index contributed by atoms with van der Waals surface area (Å²) in [5.74, 6) is 0.844. The number of benzene rings is 8. The first kappa shape index (κ1) is 26.8. The lowest BCUT2D eigenvalue weighted by atomic mass is 9.83. The lowest BCUT2D eigenvalue weighted by molar-refractivity contribution is 0.633. The Balaban J connectivity index is 1.35. The van der Waals surface area contributed by atoms with Crippen LogP contribution in [0.4, 0.5) is 0 Å². The summed E-state index contributed by atoms with van der Waals surface area (Å²) in [5, 5.41) is 7.88. The van der Waals surface area contributed by atoms with E-state index in [0.29, 0.717) is 0 Å². The second-order valence-corrected chi connectivity index (χ2v) is 12.4. The summed E-state index contributed by atoms with van der Waals surface area (Å²) in [4.78, 5) is 0. The maximum atomic E-state index is 6.79. The van der Waals surface area contributed by atoms with E-state index in [2.05, 4.69) is 140 Å². The average molecular weight is 613 g/mol. The van der Waals surface area contributed by atoms with E-state index in [9.17, 15) is 0 Å².